The topological polar surface area (TPSA) is 121 Å². The molecule has 1 aliphatic rings. The summed E-state index contributed by atoms with van der Waals surface area (Å²) >= 11 is 6.64. The van der Waals surface area contributed by atoms with E-state index in [0.717, 1.165) is 24.0 Å². The molecular formula is C27H23ClN6O3. The zero-order chi connectivity index (χ0) is 26.1. The Bertz CT molecular complexity index is 1570. The van der Waals surface area contributed by atoms with Crippen molar-refractivity contribution in [2.75, 3.05) is 10.6 Å². The highest BCUT2D eigenvalue weighted by Crippen LogP contribution is 2.38. The van der Waals surface area contributed by atoms with E-state index in [2.05, 4.69) is 26.8 Å². The van der Waals surface area contributed by atoms with Gasteiger partial charge in [-0.3, -0.25) is 9.59 Å². The predicted molar refractivity (Wildman–Crippen MR) is 139 cm³/mol. The summed E-state index contributed by atoms with van der Waals surface area (Å²) < 4.78 is 7.53. The molecule has 1 fully saturated rings. The summed E-state index contributed by atoms with van der Waals surface area (Å²) in [6.45, 7) is 3.61. The third-order valence-electron chi connectivity index (χ3n) is 6.09. The van der Waals surface area contributed by atoms with Crippen molar-refractivity contribution in [2.45, 2.75) is 32.6 Å². The minimum Gasteiger partial charge on any atom is -0.436 e. The van der Waals surface area contributed by atoms with E-state index >= 15 is 0 Å². The summed E-state index contributed by atoms with van der Waals surface area (Å²) in [6, 6.07) is 15.9. The van der Waals surface area contributed by atoms with E-state index in [1.165, 1.54) is 4.52 Å². The number of hydrogen-bond donors (Lipinski definition) is 2. The van der Waals surface area contributed by atoms with E-state index in [0.29, 0.717) is 28.5 Å². The molecule has 2 heterocycles. The van der Waals surface area contributed by atoms with Gasteiger partial charge in [-0.05, 0) is 62.1 Å². The molecule has 0 aliphatic heterocycles. The molecule has 10 heteroatoms. The molecule has 1 atom stereocenters. The SMILES string of the molecule is Cc1ccc(NC(=O)c2cccc(C(C)C#N)c2)c(Cl)c1Oc1ccc2nc(NC(=O)C3CC3)cn2n1. The van der Waals surface area contributed by atoms with Gasteiger partial charge in [-0.2, -0.15) is 5.26 Å². The first-order valence-corrected chi connectivity index (χ1v) is 12.2. The highest BCUT2D eigenvalue weighted by Gasteiger charge is 2.30. The minimum absolute atomic E-state index is 0.0348. The molecule has 1 saturated carbocycles. The summed E-state index contributed by atoms with van der Waals surface area (Å²) in [4.78, 5) is 29.3. The highest BCUT2D eigenvalue weighted by atomic mass is 35.5. The van der Waals surface area contributed by atoms with Crippen LogP contribution in [0.15, 0.2) is 54.7 Å². The van der Waals surface area contributed by atoms with Gasteiger partial charge < -0.3 is 15.4 Å². The Kier molecular flexibility index (Phi) is 6.51. The van der Waals surface area contributed by atoms with Crippen LogP contribution in [0.4, 0.5) is 11.5 Å². The fourth-order valence-corrected chi connectivity index (χ4v) is 4.05. The second-order valence-corrected chi connectivity index (χ2v) is 9.35. The second-order valence-electron chi connectivity index (χ2n) is 8.97. The van der Waals surface area contributed by atoms with Gasteiger partial charge in [-0.1, -0.05) is 29.8 Å². The number of rotatable bonds is 7. The number of imidazole rings is 1. The van der Waals surface area contributed by atoms with Crippen molar-refractivity contribution in [2.24, 2.45) is 5.92 Å². The summed E-state index contributed by atoms with van der Waals surface area (Å²) in [5.41, 5.74) is 2.84. The molecule has 2 amide bonds. The lowest BCUT2D eigenvalue weighted by molar-refractivity contribution is -0.117. The number of halogens is 1. The molecule has 2 aromatic carbocycles. The van der Waals surface area contributed by atoms with Crippen molar-refractivity contribution in [1.82, 2.24) is 14.6 Å². The van der Waals surface area contributed by atoms with Gasteiger partial charge in [0.15, 0.2) is 17.2 Å². The lowest BCUT2D eigenvalue weighted by Gasteiger charge is -2.14. The van der Waals surface area contributed by atoms with Crippen molar-refractivity contribution < 1.29 is 14.3 Å². The molecule has 0 radical (unpaired) electrons. The fourth-order valence-electron chi connectivity index (χ4n) is 3.75. The number of ether oxygens (including phenoxy) is 1. The number of carbonyl (C=O) groups excluding carboxylic acids is 2. The van der Waals surface area contributed by atoms with Crippen molar-refractivity contribution in [3.63, 3.8) is 0 Å². The van der Waals surface area contributed by atoms with E-state index < -0.39 is 0 Å². The van der Waals surface area contributed by atoms with Crippen LogP contribution in [0.25, 0.3) is 5.65 Å². The number of fused-ring (bicyclic) bond motifs is 1. The van der Waals surface area contributed by atoms with E-state index in [4.69, 9.17) is 16.3 Å². The van der Waals surface area contributed by atoms with Gasteiger partial charge in [-0.15, -0.1) is 5.10 Å². The summed E-state index contributed by atoms with van der Waals surface area (Å²) in [5, 5.41) is 19.4. The fraction of sp³-hybridized carbons (Fsp3) is 0.222. The molecular weight excluding hydrogens is 492 g/mol. The normalized spacial score (nSPS) is 13.6. The maximum absolute atomic E-state index is 12.9. The van der Waals surface area contributed by atoms with Crippen LogP contribution >= 0.6 is 11.6 Å². The number of aromatic nitrogens is 3. The first-order chi connectivity index (χ1) is 17.8. The Hall–Kier alpha value is -4.42. The van der Waals surface area contributed by atoms with Crippen LogP contribution in [0.5, 0.6) is 11.6 Å². The summed E-state index contributed by atoms with van der Waals surface area (Å²) in [7, 11) is 0. The van der Waals surface area contributed by atoms with Gasteiger partial charge in [0, 0.05) is 17.5 Å². The molecule has 5 rings (SSSR count). The van der Waals surface area contributed by atoms with Gasteiger partial charge in [0.1, 0.15) is 5.02 Å². The highest BCUT2D eigenvalue weighted by molar-refractivity contribution is 6.35. The van der Waals surface area contributed by atoms with Crippen LogP contribution in [0, 0.1) is 24.2 Å². The first-order valence-electron chi connectivity index (χ1n) is 11.8. The average Bonchev–Trinajstić information content (AvgIpc) is 3.68. The summed E-state index contributed by atoms with van der Waals surface area (Å²) in [5.74, 6) is 0.377. The van der Waals surface area contributed by atoms with Crippen LogP contribution in [-0.4, -0.2) is 26.4 Å². The van der Waals surface area contributed by atoms with E-state index in [-0.39, 0.29) is 34.6 Å². The van der Waals surface area contributed by atoms with Crippen LogP contribution < -0.4 is 15.4 Å². The zero-order valence-corrected chi connectivity index (χ0v) is 20.9. The standard InChI is InChI=1S/C27H23ClN6O3/c1-15-6-9-20(30-27(36)19-5-3-4-18(12-19)16(2)13-29)24(28)25(15)37-23-11-10-22-31-21(14-34(22)33-23)32-26(35)17-7-8-17/h3-6,9-12,14,16-17H,7-8H2,1-2H3,(H,30,36)(H,32,35). The lowest BCUT2D eigenvalue weighted by atomic mass is 10.0. The van der Waals surface area contributed by atoms with Crippen LogP contribution in [0.1, 0.15) is 47.2 Å². The number of benzene rings is 2. The van der Waals surface area contributed by atoms with Gasteiger partial charge in [-0.25, -0.2) is 9.50 Å². The molecule has 4 aromatic rings. The van der Waals surface area contributed by atoms with Crippen molar-refractivity contribution in [3.05, 3.63) is 76.4 Å². The minimum atomic E-state index is -0.359. The van der Waals surface area contributed by atoms with Crippen molar-refractivity contribution >= 4 is 40.6 Å². The molecule has 1 unspecified atom stereocenters. The quantitative estimate of drug-likeness (QED) is 0.325. The molecule has 9 nitrogen and oxygen atoms in total. The molecule has 37 heavy (non-hydrogen) atoms. The van der Waals surface area contributed by atoms with Crippen molar-refractivity contribution in [1.29, 1.82) is 5.26 Å². The Labute approximate surface area is 218 Å². The Morgan fingerprint density at radius 3 is 2.76 bits per heavy atom. The molecule has 0 saturated heterocycles. The Morgan fingerprint density at radius 1 is 1.19 bits per heavy atom. The van der Waals surface area contributed by atoms with Crippen LogP contribution in [0.3, 0.4) is 0 Å². The smallest absolute Gasteiger partial charge is 0.255 e. The number of nitrogens with one attached hydrogen (secondary N) is 2. The molecule has 186 valence electrons. The van der Waals surface area contributed by atoms with Gasteiger partial charge in [0.2, 0.25) is 11.8 Å². The number of carbonyl (C=O) groups is 2. The number of anilines is 2. The number of hydrogen-bond acceptors (Lipinski definition) is 6. The van der Waals surface area contributed by atoms with Gasteiger partial charge >= 0.3 is 0 Å². The monoisotopic (exact) mass is 514 g/mol. The predicted octanol–water partition coefficient (Wildman–Crippen LogP) is 5.71. The van der Waals surface area contributed by atoms with E-state index in [9.17, 15) is 14.9 Å². The number of nitrogens with zero attached hydrogens (tertiary/aromatic N) is 4. The first kappa shape index (κ1) is 24.3. The van der Waals surface area contributed by atoms with Crippen LogP contribution in [-0.2, 0) is 4.79 Å². The van der Waals surface area contributed by atoms with Gasteiger partial charge in [0.05, 0.1) is 23.9 Å². The molecule has 2 N–H and O–H groups in total. The lowest BCUT2D eigenvalue weighted by Crippen LogP contribution is -2.13. The summed E-state index contributed by atoms with van der Waals surface area (Å²) in [6.07, 6.45) is 3.43. The largest absolute Gasteiger partial charge is 0.436 e. The number of amides is 2. The van der Waals surface area contributed by atoms with Crippen LogP contribution in [0.2, 0.25) is 5.02 Å². The third-order valence-corrected chi connectivity index (χ3v) is 6.46. The molecule has 2 aromatic heterocycles. The zero-order valence-electron chi connectivity index (χ0n) is 20.2. The van der Waals surface area contributed by atoms with Crippen molar-refractivity contribution in [3.8, 4) is 17.7 Å². The third kappa shape index (κ3) is 5.25. The maximum atomic E-state index is 12.9. The van der Waals surface area contributed by atoms with E-state index in [1.54, 1.807) is 55.6 Å². The molecule has 0 bridgehead atoms. The second kappa shape index (κ2) is 9.91. The Balaban J connectivity index is 1.35. The number of aryl methyl sites for hydroxylation is 1. The Morgan fingerprint density at radius 2 is 2.00 bits per heavy atom. The molecule has 0 spiro atoms. The number of nitriles is 1. The molecule has 1 aliphatic carbocycles. The average molecular weight is 515 g/mol. The van der Waals surface area contributed by atoms with Gasteiger partial charge in [0.25, 0.3) is 5.91 Å². The van der Waals surface area contributed by atoms with E-state index in [1.807, 2.05) is 13.0 Å². The maximum Gasteiger partial charge on any atom is 0.255 e.